The van der Waals surface area contributed by atoms with Gasteiger partial charge in [-0.05, 0) is 38.5 Å². The van der Waals surface area contributed by atoms with Crippen molar-refractivity contribution >= 4 is 11.3 Å². The van der Waals surface area contributed by atoms with Gasteiger partial charge in [-0.1, -0.05) is 6.07 Å². The SMILES string of the molecule is Cc1nc(C(C)NC(C)c2ccc3c(c2)OCO3)cs1. The van der Waals surface area contributed by atoms with Gasteiger partial charge in [0.2, 0.25) is 6.79 Å². The summed E-state index contributed by atoms with van der Waals surface area (Å²) in [6.45, 7) is 6.63. The van der Waals surface area contributed by atoms with E-state index in [9.17, 15) is 0 Å². The number of rotatable bonds is 4. The summed E-state index contributed by atoms with van der Waals surface area (Å²) >= 11 is 1.68. The molecule has 0 radical (unpaired) electrons. The zero-order valence-corrected chi connectivity index (χ0v) is 12.7. The van der Waals surface area contributed by atoms with E-state index in [2.05, 4.69) is 35.6 Å². The molecule has 0 aliphatic carbocycles. The van der Waals surface area contributed by atoms with Crippen LogP contribution in [0.4, 0.5) is 0 Å². The first-order chi connectivity index (χ1) is 9.63. The lowest BCUT2D eigenvalue weighted by Gasteiger charge is -2.19. The predicted octanol–water partition coefficient (Wildman–Crippen LogP) is 3.59. The molecule has 1 N–H and O–H groups in total. The van der Waals surface area contributed by atoms with Gasteiger partial charge < -0.3 is 14.8 Å². The number of benzene rings is 1. The lowest BCUT2D eigenvalue weighted by molar-refractivity contribution is 0.174. The van der Waals surface area contributed by atoms with Crippen LogP contribution in [-0.4, -0.2) is 11.8 Å². The van der Waals surface area contributed by atoms with Crippen molar-refractivity contribution in [2.75, 3.05) is 6.79 Å². The highest BCUT2D eigenvalue weighted by Gasteiger charge is 2.17. The molecule has 106 valence electrons. The number of fused-ring (bicyclic) bond motifs is 1. The van der Waals surface area contributed by atoms with Crippen LogP contribution < -0.4 is 14.8 Å². The van der Waals surface area contributed by atoms with Gasteiger partial charge in [0.15, 0.2) is 11.5 Å². The monoisotopic (exact) mass is 290 g/mol. The number of nitrogens with zero attached hydrogens (tertiary/aromatic N) is 1. The Balaban J connectivity index is 1.71. The lowest BCUT2D eigenvalue weighted by atomic mass is 10.1. The van der Waals surface area contributed by atoms with Crippen LogP contribution in [0, 0.1) is 6.92 Å². The first-order valence-electron chi connectivity index (χ1n) is 6.71. The Hall–Kier alpha value is -1.59. The standard InChI is InChI=1S/C15H18N2O2S/c1-9(16-10(2)13-7-20-11(3)17-13)12-4-5-14-15(6-12)19-8-18-14/h4-7,9-10,16H,8H2,1-3H3. The Labute approximate surface area is 122 Å². The van der Waals surface area contributed by atoms with E-state index < -0.39 is 0 Å². The highest BCUT2D eigenvalue weighted by Crippen LogP contribution is 2.34. The molecular formula is C15H18N2O2S. The molecule has 3 rings (SSSR count). The van der Waals surface area contributed by atoms with Gasteiger partial charge in [0, 0.05) is 17.5 Å². The fourth-order valence-corrected chi connectivity index (χ4v) is 3.02. The van der Waals surface area contributed by atoms with Gasteiger partial charge in [-0.2, -0.15) is 0 Å². The maximum Gasteiger partial charge on any atom is 0.231 e. The van der Waals surface area contributed by atoms with E-state index >= 15 is 0 Å². The average Bonchev–Trinajstić information content (AvgIpc) is 3.05. The summed E-state index contributed by atoms with van der Waals surface area (Å²) in [7, 11) is 0. The Morgan fingerprint density at radius 2 is 2.00 bits per heavy atom. The molecule has 1 aliphatic rings. The zero-order valence-electron chi connectivity index (χ0n) is 11.8. The van der Waals surface area contributed by atoms with Crippen LogP contribution in [0.1, 0.15) is 42.2 Å². The zero-order chi connectivity index (χ0) is 14.1. The molecule has 0 bridgehead atoms. The molecule has 0 amide bonds. The van der Waals surface area contributed by atoms with Gasteiger partial charge in [0.05, 0.1) is 10.7 Å². The maximum atomic E-state index is 5.42. The van der Waals surface area contributed by atoms with Crippen LogP contribution in [0.3, 0.4) is 0 Å². The second kappa shape index (κ2) is 5.42. The predicted molar refractivity (Wildman–Crippen MR) is 79.4 cm³/mol. The third kappa shape index (κ3) is 2.64. The second-order valence-electron chi connectivity index (χ2n) is 5.01. The van der Waals surface area contributed by atoms with Crippen molar-refractivity contribution in [1.82, 2.24) is 10.3 Å². The summed E-state index contributed by atoms with van der Waals surface area (Å²) < 4.78 is 10.8. The van der Waals surface area contributed by atoms with Gasteiger partial charge in [-0.15, -0.1) is 11.3 Å². The largest absolute Gasteiger partial charge is 0.454 e. The van der Waals surface area contributed by atoms with E-state index in [0.717, 1.165) is 22.2 Å². The Kier molecular flexibility index (Phi) is 3.63. The maximum absolute atomic E-state index is 5.42. The van der Waals surface area contributed by atoms with Crippen molar-refractivity contribution in [1.29, 1.82) is 0 Å². The van der Waals surface area contributed by atoms with E-state index in [1.54, 1.807) is 11.3 Å². The molecule has 1 aromatic heterocycles. The molecular weight excluding hydrogens is 272 g/mol. The molecule has 0 saturated heterocycles. The topological polar surface area (TPSA) is 43.4 Å². The number of nitrogens with one attached hydrogen (secondary N) is 1. The quantitative estimate of drug-likeness (QED) is 0.934. The molecule has 0 spiro atoms. The van der Waals surface area contributed by atoms with Crippen LogP contribution in [0.25, 0.3) is 0 Å². The van der Waals surface area contributed by atoms with Crippen molar-refractivity contribution in [3.63, 3.8) is 0 Å². The average molecular weight is 290 g/mol. The third-order valence-electron chi connectivity index (χ3n) is 3.48. The number of ether oxygens (including phenoxy) is 2. The van der Waals surface area contributed by atoms with E-state index in [1.807, 2.05) is 19.1 Å². The highest BCUT2D eigenvalue weighted by molar-refractivity contribution is 7.09. The molecule has 0 fully saturated rings. The first-order valence-corrected chi connectivity index (χ1v) is 7.59. The van der Waals surface area contributed by atoms with Gasteiger partial charge >= 0.3 is 0 Å². The van der Waals surface area contributed by atoms with Crippen molar-refractivity contribution in [3.05, 3.63) is 39.8 Å². The fraction of sp³-hybridized carbons (Fsp3) is 0.400. The molecule has 2 aromatic rings. The molecule has 4 nitrogen and oxygen atoms in total. The molecule has 2 heterocycles. The number of hydrogen-bond acceptors (Lipinski definition) is 5. The van der Waals surface area contributed by atoms with Crippen molar-refractivity contribution in [2.45, 2.75) is 32.9 Å². The summed E-state index contributed by atoms with van der Waals surface area (Å²) in [5.74, 6) is 1.65. The minimum absolute atomic E-state index is 0.223. The molecule has 2 atom stereocenters. The van der Waals surface area contributed by atoms with Crippen LogP contribution in [0.2, 0.25) is 0 Å². The number of hydrogen-bond donors (Lipinski definition) is 1. The van der Waals surface area contributed by atoms with Crippen molar-refractivity contribution in [2.24, 2.45) is 0 Å². The van der Waals surface area contributed by atoms with E-state index in [-0.39, 0.29) is 12.1 Å². The van der Waals surface area contributed by atoms with Gasteiger partial charge in [0.1, 0.15) is 0 Å². The van der Waals surface area contributed by atoms with Gasteiger partial charge in [-0.3, -0.25) is 0 Å². The van der Waals surface area contributed by atoms with Crippen LogP contribution in [0.5, 0.6) is 11.5 Å². The Bertz CT molecular complexity index is 612. The van der Waals surface area contributed by atoms with Crippen molar-refractivity contribution < 1.29 is 9.47 Å². The molecule has 5 heteroatoms. The van der Waals surface area contributed by atoms with Crippen LogP contribution in [-0.2, 0) is 0 Å². The molecule has 0 saturated carbocycles. The third-order valence-corrected chi connectivity index (χ3v) is 4.27. The summed E-state index contributed by atoms with van der Waals surface area (Å²) in [6, 6.07) is 6.53. The molecule has 1 aromatic carbocycles. The molecule has 2 unspecified atom stereocenters. The van der Waals surface area contributed by atoms with Crippen LogP contribution >= 0.6 is 11.3 Å². The normalized spacial score (nSPS) is 16.1. The Morgan fingerprint density at radius 1 is 1.20 bits per heavy atom. The first kappa shape index (κ1) is 13.4. The lowest BCUT2D eigenvalue weighted by Crippen LogP contribution is -2.22. The van der Waals surface area contributed by atoms with E-state index in [1.165, 1.54) is 5.56 Å². The minimum Gasteiger partial charge on any atom is -0.454 e. The summed E-state index contributed by atoms with van der Waals surface area (Å²) in [5, 5.41) is 6.78. The highest BCUT2D eigenvalue weighted by atomic mass is 32.1. The molecule has 1 aliphatic heterocycles. The summed E-state index contributed by atoms with van der Waals surface area (Å²) in [4.78, 5) is 4.53. The Morgan fingerprint density at radius 3 is 2.75 bits per heavy atom. The smallest absolute Gasteiger partial charge is 0.231 e. The number of thiazole rings is 1. The number of aromatic nitrogens is 1. The van der Waals surface area contributed by atoms with E-state index in [0.29, 0.717) is 6.79 Å². The fourth-order valence-electron chi connectivity index (χ4n) is 2.32. The van der Waals surface area contributed by atoms with Crippen LogP contribution in [0.15, 0.2) is 23.6 Å². The summed E-state index contributed by atoms with van der Waals surface area (Å²) in [6.07, 6.45) is 0. The van der Waals surface area contributed by atoms with Gasteiger partial charge in [-0.25, -0.2) is 4.98 Å². The second-order valence-corrected chi connectivity index (χ2v) is 6.08. The van der Waals surface area contributed by atoms with Gasteiger partial charge in [0.25, 0.3) is 0 Å². The van der Waals surface area contributed by atoms with Crippen molar-refractivity contribution in [3.8, 4) is 11.5 Å². The minimum atomic E-state index is 0.223. The summed E-state index contributed by atoms with van der Waals surface area (Å²) in [5.41, 5.74) is 2.29. The molecule has 20 heavy (non-hydrogen) atoms. The number of aryl methyl sites for hydroxylation is 1. The van der Waals surface area contributed by atoms with E-state index in [4.69, 9.17) is 9.47 Å².